The van der Waals surface area contributed by atoms with Crippen LogP contribution in [0, 0.1) is 0 Å². The number of amides is 1. The molecular formula is C18H18ClN5O. The molecule has 128 valence electrons. The van der Waals surface area contributed by atoms with Gasteiger partial charge < -0.3 is 10.6 Å². The van der Waals surface area contributed by atoms with Crippen molar-refractivity contribution in [3.05, 3.63) is 59.0 Å². The number of nitrogens with zero attached hydrogens (tertiary/aromatic N) is 4. The van der Waals surface area contributed by atoms with Gasteiger partial charge in [0.1, 0.15) is 0 Å². The second-order valence-corrected chi connectivity index (χ2v) is 6.76. The second-order valence-electron chi connectivity index (χ2n) is 6.35. The molecule has 1 aliphatic heterocycles. The first kappa shape index (κ1) is 16.1. The lowest BCUT2D eigenvalue weighted by molar-refractivity contribution is 0.0790. The van der Waals surface area contributed by atoms with Gasteiger partial charge in [-0.05, 0) is 30.3 Å². The number of benzene rings is 1. The van der Waals surface area contributed by atoms with Crippen LogP contribution in [0.4, 0.5) is 0 Å². The van der Waals surface area contributed by atoms with Crippen LogP contribution in [0.25, 0.3) is 10.9 Å². The van der Waals surface area contributed by atoms with Gasteiger partial charge in [0.25, 0.3) is 5.91 Å². The van der Waals surface area contributed by atoms with Gasteiger partial charge in [-0.2, -0.15) is 5.10 Å². The van der Waals surface area contributed by atoms with Crippen LogP contribution in [0.15, 0.2) is 42.7 Å². The minimum absolute atomic E-state index is 0.0690. The van der Waals surface area contributed by atoms with Crippen LogP contribution in [0.5, 0.6) is 0 Å². The molecule has 2 N–H and O–H groups in total. The lowest BCUT2D eigenvalue weighted by atomic mass is 10.0. The standard InChI is InChI=1S/C18H18ClN5O/c1-23-16(6-8-22-23)13-9-24(10-15(13)20)18(25)12-4-5-14(19)11-3-2-7-21-17(11)12/h2-8,13,15H,9-10,20H2,1H3/t13-,15-/m1/s1. The summed E-state index contributed by atoms with van der Waals surface area (Å²) in [5.41, 5.74) is 8.53. The maximum Gasteiger partial charge on any atom is 0.256 e. The van der Waals surface area contributed by atoms with Gasteiger partial charge in [0, 0.05) is 55.6 Å². The van der Waals surface area contributed by atoms with E-state index in [0.29, 0.717) is 29.2 Å². The minimum Gasteiger partial charge on any atom is -0.336 e. The molecule has 3 heterocycles. The normalized spacial score (nSPS) is 20.4. The molecular weight excluding hydrogens is 338 g/mol. The van der Waals surface area contributed by atoms with Gasteiger partial charge in [0.05, 0.1) is 16.1 Å². The van der Waals surface area contributed by atoms with Crippen LogP contribution in [0.2, 0.25) is 5.02 Å². The largest absolute Gasteiger partial charge is 0.336 e. The molecule has 7 heteroatoms. The summed E-state index contributed by atoms with van der Waals surface area (Å²) in [5, 5.41) is 5.58. The predicted molar refractivity (Wildman–Crippen MR) is 96.6 cm³/mol. The number of aromatic nitrogens is 3. The molecule has 1 saturated heterocycles. The second kappa shape index (κ2) is 6.13. The molecule has 1 fully saturated rings. The van der Waals surface area contributed by atoms with E-state index in [1.807, 2.05) is 29.9 Å². The number of hydrogen-bond donors (Lipinski definition) is 1. The van der Waals surface area contributed by atoms with E-state index >= 15 is 0 Å². The molecule has 1 aliphatic rings. The molecule has 0 bridgehead atoms. The van der Waals surface area contributed by atoms with E-state index in [0.717, 1.165) is 11.1 Å². The van der Waals surface area contributed by atoms with E-state index in [1.54, 1.807) is 29.4 Å². The molecule has 25 heavy (non-hydrogen) atoms. The van der Waals surface area contributed by atoms with E-state index in [-0.39, 0.29) is 17.9 Å². The zero-order valence-electron chi connectivity index (χ0n) is 13.8. The monoisotopic (exact) mass is 355 g/mol. The Morgan fingerprint density at radius 1 is 1.24 bits per heavy atom. The quantitative estimate of drug-likeness (QED) is 0.764. The molecule has 3 aromatic rings. The maximum atomic E-state index is 13.1. The number of rotatable bonds is 2. The summed E-state index contributed by atoms with van der Waals surface area (Å²) < 4.78 is 1.82. The van der Waals surface area contributed by atoms with Gasteiger partial charge in [0.2, 0.25) is 0 Å². The molecule has 0 spiro atoms. The van der Waals surface area contributed by atoms with Crippen molar-refractivity contribution < 1.29 is 4.79 Å². The summed E-state index contributed by atoms with van der Waals surface area (Å²) >= 11 is 6.23. The number of carbonyl (C=O) groups excluding carboxylic acids is 1. The Balaban J connectivity index is 1.67. The van der Waals surface area contributed by atoms with Gasteiger partial charge in [0.15, 0.2) is 0 Å². The van der Waals surface area contributed by atoms with Crippen LogP contribution < -0.4 is 5.73 Å². The number of carbonyl (C=O) groups is 1. The maximum absolute atomic E-state index is 13.1. The first-order chi connectivity index (χ1) is 12.1. The number of nitrogens with two attached hydrogens (primary N) is 1. The summed E-state index contributed by atoms with van der Waals surface area (Å²) in [7, 11) is 1.89. The zero-order valence-corrected chi connectivity index (χ0v) is 14.5. The van der Waals surface area contributed by atoms with Crippen molar-refractivity contribution in [3.8, 4) is 0 Å². The lowest BCUT2D eigenvalue weighted by Crippen LogP contribution is -2.32. The van der Waals surface area contributed by atoms with E-state index in [9.17, 15) is 4.79 Å². The Morgan fingerprint density at radius 2 is 2.08 bits per heavy atom. The number of aryl methyl sites for hydroxylation is 1. The molecule has 2 atom stereocenters. The van der Waals surface area contributed by atoms with E-state index in [2.05, 4.69) is 10.1 Å². The minimum atomic E-state index is -0.120. The highest BCUT2D eigenvalue weighted by Gasteiger charge is 2.36. The van der Waals surface area contributed by atoms with Crippen LogP contribution in [0.1, 0.15) is 22.0 Å². The average molecular weight is 356 g/mol. The van der Waals surface area contributed by atoms with E-state index in [4.69, 9.17) is 17.3 Å². The summed E-state index contributed by atoms with van der Waals surface area (Å²) in [5.74, 6) is 0.00320. The van der Waals surface area contributed by atoms with Gasteiger partial charge in [-0.3, -0.25) is 14.5 Å². The van der Waals surface area contributed by atoms with Gasteiger partial charge in [-0.25, -0.2) is 0 Å². The zero-order chi connectivity index (χ0) is 17.6. The number of hydrogen-bond acceptors (Lipinski definition) is 4. The predicted octanol–water partition coefficient (Wildman–Crippen LogP) is 2.19. The molecule has 4 rings (SSSR count). The van der Waals surface area contributed by atoms with E-state index in [1.165, 1.54) is 0 Å². The number of halogens is 1. The molecule has 1 amide bonds. The molecule has 6 nitrogen and oxygen atoms in total. The van der Waals surface area contributed by atoms with Crippen LogP contribution in [-0.4, -0.2) is 44.7 Å². The highest BCUT2D eigenvalue weighted by molar-refractivity contribution is 6.36. The Morgan fingerprint density at radius 3 is 2.84 bits per heavy atom. The highest BCUT2D eigenvalue weighted by atomic mass is 35.5. The Labute approximate surface area is 150 Å². The third-order valence-electron chi connectivity index (χ3n) is 4.84. The summed E-state index contributed by atoms with van der Waals surface area (Å²) in [6, 6.07) is 9.00. The van der Waals surface area contributed by atoms with Crippen LogP contribution in [0.3, 0.4) is 0 Å². The molecule has 1 aromatic carbocycles. The topological polar surface area (TPSA) is 77.0 Å². The third kappa shape index (κ3) is 2.67. The van der Waals surface area contributed by atoms with Crippen molar-refractivity contribution in [2.45, 2.75) is 12.0 Å². The molecule has 0 saturated carbocycles. The highest BCUT2D eigenvalue weighted by Crippen LogP contribution is 2.30. The van der Waals surface area contributed by atoms with Crippen molar-refractivity contribution in [3.63, 3.8) is 0 Å². The van der Waals surface area contributed by atoms with Crippen LogP contribution >= 0.6 is 11.6 Å². The summed E-state index contributed by atoms with van der Waals surface area (Å²) in [6.45, 7) is 1.07. The summed E-state index contributed by atoms with van der Waals surface area (Å²) in [4.78, 5) is 19.2. The molecule has 2 aromatic heterocycles. The molecule has 0 radical (unpaired) electrons. The van der Waals surface area contributed by atoms with Gasteiger partial charge in [-0.15, -0.1) is 0 Å². The number of likely N-dealkylation sites (tertiary alicyclic amines) is 1. The third-order valence-corrected chi connectivity index (χ3v) is 5.17. The fraction of sp³-hybridized carbons (Fsp3) is 0.278. The molecule has 0 unspecified atom stereocenters. The average Bonchev–Trinajstić information content (AvgIpc) is 3.20. The first-order valence-electron chi connectivity index (χ1n) is 8.12. The van der Waals surface area contributed by atoms with Crippen molar-refractivity contribution in [1.82, 2.24) is 19.7 Å². The van der Waals surface area contributed by atoms with Gasteiger partial charge >= 0.3 is 0 Å². The van der Waals surface area contributed by atoms with E-state index < -0.39 is 0 Å². The molecule has 0 aliphatic carbocycles. The first-order valence-corrected chi connectivity index (χ1v) is 8.50. The SMILES string of the molecule is Cn1nccc1[C@@H]1CN(C(=O)c2ccc(Cl)c3cccnc23)C[C@H]1N. The fourth-order valence-corrected chi connectivity index (χ4v) is 3.75. The number of pyridine rings is 1. The van der Waals surface area contributed by atoms with Crippen molar-refractivity contribution in [2.24, 2.45) is 12.8 Å². The van der Waals surface area contributed by atoms with Crippen molar-refractivity contribution in [1.29, 1.82) is 0 Å². The van der Waals surface area contributed by atoms with Crippen LogP contribution in [-0.2, 0) is 7.05 Å². The Hall–Kier alpha value is -2.44. The smallest absolute Gasteiger partial charge is 0.256 e. The fourth-order valence-electron chi connectivity index (χ4n) is 3.54. The van der Waals surface area contributed by atoms with Crippen molar-refractivity contribution in [2.75, 3.05) is 13.1 Å². The Bertz CT molecular complexity index is 954. The van der Waals surface area contributed by atoms with Crippen molar-refractivity contribution >= 4 is 28.4 Å². The summed E-state index contributed by atoms with van der Waals surface area (Å²) in [6.07, 6.45) is 3.42. The van der Waals surface area contributed by atoms with Gasteiger partial charge in [-0.1, -0.05) is 11.6 Å². The Kier molecular flexibility index (Phi) is 3.94. The lowest BCUT2D eigenvalue weighted by Gasteiger charge is -2.17. The number of fused-ring (bicyclic) bond motifs is 1.